The van der Waals surface area contributed by atoms with Crippen LogP contribution in [0.1, 0.15) is 6.92 Å². The second-order valence-corrected chi connectivity index (χ2v) is 7.50. The summed E-state index contributed by atoms with van der Waals surface area (Å²) in [5.74, 6) is -0.836. The molecule has 0 unspecified atom stereocenters. The summed E-state index contributed by atoms with van der Waals surface area (Å²) in [7, 11) is 1.31. The third-order valence-electron chi connectivity index (χ3n) is 4.39. The fourth-order valence-electron chi connectivity index (χ4n) is 3.01. The molecule has 2 aromatic carbocycles. The number of hydrogen-bond donors (Lipinski definition) is 1. The predicted octanol–water partition coefficient (Wildman–Crippen LogP) is 3.66. The maximum Gasteiger partial charge on any atom is 0.318 e. The van der Waals surface area contributed by atoms with Crippen molar-refractivity contribution in [2.75, 3.05) is 7.11 Å². The van der Waals surface area contributed by atoms with Crippen molar-refractivity contribution in [3.63, 3.8) is 0 Å². The van der Waals surface area contributed by atoms with E-state index in [4.69, 9.17) is 4.74 Å². The summed E-state index contributed by atoms with van der Waals surface area (Å²) in [6, 6.07) is 13.0. The highest BCUT2D eigenvalue weighted by Crippen LogP contribution is 2.28. The minimum absolute atomic E-state index is 0.326. The number of aromatic nitrogens is 3. The van der Waals surface area contributed by atoms with E-state index in [0.29, 0.717) is 21.9 Å². The topological polar surface area (TPSA) is 77.0 Å². The van der Waals surface area contributed by atoms with Gasteiger partial charge in [0.2, 0.25) is 0 Å². The molecule has 4 aromatic rings. The van der Waals surface area contributed by atoms with Gasteiger partial charge in [0, 0.05) is 10.9 Å². The molecule has 0 saturated carbocycles. The smallest absolute Gasteiger partial charge is 0.318 e. The molecule has 4 rings (SSSR count). The van der Waals surface area contributed by atoms with E-state index in [9.17, 15) is 14.0 Å². The third kappa shape index (κ3) is 3.05. The van der Waals surface area contributed by atoms with E-state index in [2.05, 4.69) is 9.97 Å². The Bertz CT molecular complexity index is 1250. The second-order valence-electron chi connectivity index (χ2n) is 6.19. The largest absolute Gasteiger partial charge is 0.468 e. The van der Waals surface area contributed by atoms with Crippen molar-refractivity contribution in [1.82, 2.24) is 14.5 Å². The number of benzene rings is 2. The second kappa shape index (κ2) is 7.12. The summed E-state index contributed by atoms with van der Waals surface area (Å²) in [4.78, 5) is 33.0. The monoisotopic (exact) mass is 397 g/mol. The zero-order valence-electron chi connectivity index (χ0n) is 15.1. The number of thioether (sulfide) groups is 1. The van der Waals surface area contributed by atoms with Crippen LogP contribution in [-0.2, 0) is 9.53 Å². The number of nitrogens with zero attached hydrogens (tertiary/aromatic N) is 2. The number of para-hydroxylation sites is 1. The highest BCUT2D eigenvalue weighted by atomic mass is 32.2. The number of carbonyl (C=O) groups is 1. The number of nitrogens with one attached hydrogen (secondary N) is 1. The molecule has 1 atom stereocenters. The Hall–Kier alpha value is -3.13. The number of H-pyrrole nitrogens is 1. The van der Waals surface area contributed by atoms with Crippen molar-refractivity contribution < 1.29 is 13.9 Å². The van der Waals surface area contributed by atoms with Crippen molar-refractivity contribution in [1.29, 1.82) is 0 Å². The lowest BCUT2D eigenvalue weighted by atomic mass is 10.2. The van der Waals surface area contributed by atoms with Crippen LogP contribution in [0, 0.1) is 5.82 Å². The molecule has 0 fully saturated rings. The maximum atomic E-state index is 13.4. The summed E-state index contributed by atoms with van der Waals surface area (Å²) in [6.45, 7) is 1.68. The van der Waals surface area contributed by atoms with Gasteiger partial charge in [0.1, 0.15) is 22.1 Å². The molecule has 8 heteroatoms. The quantitative estimate of drug-likeness (QED) is 0.323. The molecule has 0 aliphatic heterocycles. The van der Waals surface area contributed by atoms with E-state index in [-0.39, 0.29) is 5.56 Å². The molecule has 0 bridgehead atoms. The van der Waals surface area contributed by atoms with Crippen molar-refractivity contribution in [2.45, 2.75) is 17.3 Å². The number of aromatic amines is 1. The molecule has 6 nitrogen and oxygen atoms in total. The number of esters is 1. The number of carbonyl (C=O) groups excluding carboxylic acids is 1. The molecule has 0 aliphatic rings. The fraction of sp³-hybridized carbons (Fsp3) is 0.150. The standard InChI is InChI=1S/C20H16FN3O3S/c1-11(19(26)27-2)28-20-23-16-14-5-3-4-6-15(14)22-17(16)18(25)24(20)13-9-7-12(21)8-10-13/h3-11,22H,1-2H3/t11-/m0/s1. The molecule has 2 heterocycles. The van der Waals surface area contributed by atoms with Crippen LogP contribution in [0.5, 0.6) is 0 Å². The van der Waals surface area contributed by atoms with Crippen molar-refractivity contribution in [2.24, 2.45) is 0 Å². The van der Waals surface area contributed by atoms with Crippen molar-refractivity contribution >= 4 is 39.7 Å². The first-order valence-corrected chi connectivity index (χ1v) is 9.41. The van der Waals surface area contributed by atoms with E-state index in [1.54, 1.807) is 6.92 Å². The van der Waals surface area contributed by atoms with Gasteiger partial charge in [-0.25, -0.2) is 9.37 Å². The van der Waals surface area contributed by atoms with Crippen LogP contribution in [0.25, 0.3) is 27.6 Å². The summed E-state index contributed by atoms with van der Waals surface area (Å²) >= 11 is 1.11. The van der Waals surface area contributed by atoms with Crippen molar-refractivity contribution in [3.8, 4) is 5.69 Å². The summed E-state index contributed by atoms with van der Waals surface area (Å²) < 4.78 is 19.5. The minimum atomic E-state index is -0.578. The molecular formula is C20H16FN3O3S. The van der Waals surface area contributed by atoms with Gasteiger partial charge in [-0.1, -0.05) is 30.0 Å². The first-order chi connectivity index (χ1) is 13.5. The van der Waals surface area contributed by atoms with Gasteiger partial charge in [-0.15, -0.1) is 0 Å². The predicted molar refractivity (Wildman–Crippen MR) is 106 cm³/mol. The zero-order valence-corrected chi connectivity index (χ0v) is 15.9. The molecule has 0 saturated heterocycles. The van der Waals surface area contributed by atoms with Gasteiger partial charge < -0.3 is 9.72 Å². The van der Waals surface area contributed by atoms with Crippen LogP contribution in [0.3, 0.4) is 0 Å². The number of methoxy groups -OCH3 is 1. The maximum absolute atomic E-state index is 13.4. The molecule has 0 spiro atoms. The SMILES string of the molecule is COC(=O)[C@H](C)Sc1nc2c([nH]c3ccccc32)c(=O)n1-c1ccc(F)cc1. The van der Waals surface area contributed by atoms with Gasteiger partial charge in [0.25, 0.3) is 5.56 Å². The van der Waals surface area contributed by atoms with E-state index in [0.717, 1.165) is 22.7 Å². The van der Waals surface area contributed by atoms with Gasteiger partial charge in [0.15, 0.2) is 5.16 Å². The Morgan fingerprint density at radius 1 is 1.21 bits per heavy atom. The number of halogens is 1. The molecular weight excluding hydrogens is 381 g/mol. The first-order valence-electron chi connectivity index (χ1n) is 8.53. The van der Waals surface area contributed by atoms with Crippen LogP contribution in [0.4, 0.5) is 4.39 Å². The first kappa shape index (κ1) is 18.2. The van der Waals surface area contributed by atoms with Crippen molar-refractivity contribution in [3.05, 3.63) is 64.7 Å². The lowest BCUT2D eigenvalue weighted by Gasteiger charge is -2.14. The molecule has 28 heavy (non-hydrogen) atoms. The van der Waals surface area contributed by atoms with Gasteiger partial charge in [-0.05, 0) is 37.3 Å². The lowest BCUT2D eigenvalue weighted by molar-refractivity contribution is -0.139. The third-order valence-corrected chi connectivity index (χ3v) is 5.43. The molecule has 0 amide bonds. The summed E-state index contributed by atoms with van der Waals surface area (Å²) in [5, 5.41) is 0.562. The highest BCUT2D eigenvalue weighted by Gasteiger charge is 2.22. The van der Waals surface area contributed by atoms with E-state index >= 15 is 0 Å². The van der Waals surface area contributed by atoms with E-state index in [1.807, 2.05) is 24.3 Å². The normalized spacial score (nSPS) is 12.4. The van der Waals surface area contributed by atoms with Crippen LogP contribution in [0.15, 0.2) is 58.5 Å². The Balaban J connectivity index is 2.01. The Morgan fingerprint density at radius 2 is 1.93 bits per heavy atom. The average Bonchev–Trinajstić information content (AvgIpc) is 3.08. The highest BCUT2D eigenvalue weighted by molar-refractivity contribution is 8.00. The Kier molecular flexibility index (Phi) is 4.64. The summed E-state index contributed by atoms with van der Waals surface area (Å²) in [6.07, 6.45) is 0. The summed E-state index contributed by atoms with van der Waals surface area (Å²) in [5.41, 5.74) is 1.79. The van der Waals surface area contributed by atoms with E-state index in [1.165, 1.54) is 35.9 Å². The lowest BCUT2D eigenvalue weighted by Crippen LogP contribution is -2.24. The Morgan fingerprint density at radius 3 is 2.64 bits per heavy atom. The van der Waals surface area contributed by atoms with Crippen LogP contribution < -0.4 is 5.56 Å². The minimum Gasteiger partial charge on any atom is -0.468 e. The van der Waals surface area contributed by atoms with Crippen LogP contribution in [-0.4, -0.2) is 32.9 Å². The van der Waals surface area contributed by atoms with Gasteiger partial charge in [-0.2, -0.15) is 0 Å². The fourth-order valence-corrected chi connectivity index (χ4v) is 3.96. The molecule has 0 radical (unpaired) electrons. The molecule has 0 aliphatic carbocycles. The van der Waals surface area contributed by atoms with Gasteiger partial charge in [0.05, 0.1) is 12.8 Å². The van der Waals surface area contributed by atoms with Gasteiger partial charge in [-0.3, -0.25) is 14.2 Å². The van der Waals surface area contributed by atoms with Crippen LogP contribution >= 0.6 is 11.8 Å². The molecule has 142 valence electrons. The van der Waals surface area contributed by atoms with Gasteiger partial charge >= 0.3 is 5.97 Å². The number of rotatable bonds is 4. The van der Waals surface area contributed by atoms with Crippen LogP contribution in [0.2, 0.25) is 0 Å². The van der Waals surface area contributed by atoms with E-state index < -0.39 is 17.0 Å². The average molecular weight is 397 g/mol. The number of ether oxygens (including phenoxy) is 1. The number of fused-ring (bicyclic) bond motifs is 3. The molecule has 2 aromatic heterocycles. The number of hydrogen-bond acceptors (Lipinski definition) is 5. The zero-order chi connectivity index (χ0) is 19.8. The molecule has 1 N–H and O–H groups in total. The Labute approximate surface area is 163 Å².